The number of methoxy groups -OCH3 is 1. The van der Waals surface area contributed by atoms with Crippen LogP contribution in [0.2, 0.25) is 0 Å². The Labute approximate surface area is 104 Å². The van der Waals surface area contributed by atoms with Gasteiger partial charge in [0.1, 0.15) is 5.60 Å². The summed E-state index contributed by atoms with van der Waals surface area (Å²) in [6, 6.07) is 0.186. The molecule has 0 aliphatic carbocycles. The van der Waals surface area contributed by atoms with Crippen LogP contribution in [0.4, 0.5) is 0 Å². The first-order valence-electron chi connectivity index (χ1n) is 6.65. The molecule has 0 bridgehead atoms. The van der Waals surface area contributed by atoms with Gasteiger partial charge in [-0.05, 0) is 26.2 Å². The highest BCUT2D eigenvalue weighted by Gasteiger charge is 2.37. The summed E-state index contributed by atoms with van der Waals surface area (Å²) >= 11 is 0. The summed E-state index contributed by atoms with van der Waals surface area (Å²) in [7, 11) is 1.61. The van der Waals surface area contributed by atoms with Gasteiger partial charge >= 0.3 is 0 Å². The molecule has 2 unspecified atom stereocenters. The number of nitrogens with two attached hydrogens (primary N) is 1. The number of likely N-dealkylation sites (tertiary alicyclic amines) is 1. The number of ether oxygens (including phenoxy) is 1. The Bertz CT molecular complexity index is 252. The first kappa shape index (κ1) is 14.5. The smallest absolute Gasteiger partial charge is 0.254 e. The third kappa shape index (κ3) is 3.19. The van der Waals surface area contributed by atoms with E-state index >= 15 is 0 Å². The summed E-state index contributed by atoms with van der Waals surface area (Å²) in [6.07, 6.45) is 5.14. The Morgan fingerprint density at radius 2 is 2.18 bits per heavy atom. The molecule has 1 heterocycles. The normalized spacial score (nSPS) is 25.2. The van der Waals surface area contributed by atoms with Crippen LogP contribution in [-0.2, 0) is 9.53 Å². The number of carbonyl (C=O) groups excluding carboxylic acids is 1. The van der Waals surface area contributed by atoms with Crippen molar-refractivity contribution in [3.63, 3.8) is 0 Å². The van der Waals surface area contributed by atoms with Gasteiger partial charge in [0, 0.05) is 26.2 Å². The van der Waals surface area contributed by atoms with Crippen molar-refractivity contribution in [3.05, 3.63) is 0 Å². The molecule has 1 amide bonds. The maximum atomic E-state index is 12.5. The maximum Gasteiger partial charge on any atom is 0.254 e. The first-order valence-corrected chi connectivity index (χ1v) is 6.65. The van der Waals surface area contributed by atoms with Crippen LogP contribution in [0.1, 0.15) is 46.0 Å². The lowest BCUT2D eigenvalue weighted by molar-refractivity contribution is -0.155. The predicted molar refractivity (Wildman–Crippen MR) is 68.7 cm³/mol. The zero-order valence-corrected chi connectivity index (χ0v) is 11.4. The SMILES string of the molecule is CCC(C)(OC)C(=O)N1CCCCCC1CN. The van der Waals surface area contributed by atoms with E-state index < -0.39 is 5.60 Å². The van der Waals surface area contributed by atoms with Crippen molar-refractivity contribution in [2.75, 3.05) is 20.2 Å². The van der Waals surface area contributed by atoms with Gasteiger partial charge in [0.25, 0.3) is 5.91 Å². The van der Waals surface area contributed by atoms with E-state index in [1.54, 1.807) is 7.11 Å². The second-order valence-corrected chi connectivity index (χ2v) is 5.03. The lowest BCUT2D eigenvalue weighted by Gasteiger charge is -2.36. The molecule has 4 nitrogen and oxygen atoms in total. The van der Waals surface area contributed by atoms with Gasteiger partial charge in [-0.1, -0.05) is 19.8 Å². The fraction of sp³-hybridized carbons (Fsp3) is 0.923. The Kier molecular flexibility index (Phi) is 5.40. The molecule has 100 valence electrons. The van der Waals surface area contributed by atoms with E-state index in [4.69, 9.17) is 10.5 Å². The van der Waals surface area contributed by atoms with Gasteiger partial charge in [0.2, 0.25) is 0 Å². The first-order chi connectivity index (χ1) is 8.09. The second-order valence-electron chi connectivity index (χ2n) is 5.03. The number of hydrogen-bond acceptors (Lipinski definition) is 3. The molecule has 1 aliphatic heterocycles. The van der Waals surface area contributed by atoms with Gasteiger partial charge < -0.3 is 15.4 Å². The minimum atomic E-state index is -0.697. The Morgan fingerprint density at radius 1 is 1.47 bits per heavy atom. The van der Waals surface area contributed by atoms with Crippen molar-refractivity contribution in [2.24, 2.45) is 5.73 Å². The van der Waals surface area contributed by atoms with E-state index in [0.29, 0.717) is 13.0 Å². The predicted octanol–water partition coefficient (Wildman–Crippen LogP) is 1.53. The van der Waals surface area contributed by atoms with Crippen molar-refractivity contribution in [1.29, 1.82) is 0 Å². The van der Waals surface area contributed by atoms with Crippen molar-refractivity contribution in [1.82, 2.24) is 4.90 Å². The average molecular weight is 242 g/mol. The van der Waals surface area contributed by atoms with Crippen LogP contribution in [0.3, 0.4) is 0 Å². The van der Waals surface area contributed by atoms with Crippen molar-refractivity contribution in [2.45, 2.75) is 57.6 Å². The summed E-state index contributed by atoms with van der Waals surface area (Å²) in [5.41, 5.74) is 5.10. The molecule has 2 atom stereocenters. The highest BCUT2D eigenvalue weighted by Crippen LogP contribution is 2.23. The topological polar surface area (TPSA) is 55.6 Å². The molecular formula is C13H26N2O2. The molecule has 1 saturated heterocycles. The minimum Gasteiger partial charge on any atom is -0.369 e. The Morgan fingerprint density at radius 3 is 2.71 bits per heavy atom. The number of hydrogen-bond donors (Lipinski definition) is 1. The van der Waals surface area contributed by atoms with E-state index in [0.717, 1.165) is 19.4 Å². The molecule has 1 aliphatic rings. The van der Waals surface area contributed by atoms with Gasteiger partial charge in [-0.2, -0.15) is 0 Å². The summed E-state index contributed by atoms with van der Waals surface area (Å²) in [5.74, 6) is 0.0971. The van der Waals surface area contributed by atoms with Gasteiger partial charge in [-0.25, -0.2) is 0 Å². The van der Waals surface area contributed by atoms with Gasteiger partial charge in [0.05, 0.1) is 0 Å². The van der Waals surface area contributed by atoms with Crippen LogP contribution in [0.15, 0.2) is 0 Å². The second kappa shape index (κ2) is 6.36. The van der Waals surface area contributed by atoms with Gasteiger partial charge in [0.15, 0.2) is 0 Å². The molecule has 0 spiro atoms. The monoisotopic (exact) mass is 242 g/mol. The molecule has 0 aromatic rings. The van der Waals surface area contributed by atoms with Gasteiger partial charge in [-0.3, -0.25) is 4.79 Å². The standard InChI is InChI=1S/C13H26N2O2/c1-4-13(2,17-3)12(16)15-9-7-5-6-8-11(15)10-14/h11H,4-10,14H2,1-3H3. The Hall–Kier alpha value is -0.610. The quantitative estimate of drug-likeness (QED) is 0.813. The lowest BCUT2D eigenvalue weighted by Crippen LogP contribution is -2.53. The van der Waals surface area contributed by atoms with E-state index in [2.05, 4.69) is 0 Å². The number of carbonyl (C=O) groups is 1. The minimum absolute atomic E-state index is 0.0971. The van der Waals surface area contributed by atoms with Crippen LogP contribution in [0, 0.1) is 0 Å². The van der Waals surface area contributed by atoms with Crippen molar-refractivity contribution in [3.8, 4) is 0 Å². The van der Waals surface area contributed by atoms with Crippen LogP contribution < -0.4 is 5.73 Å². The largest absolute Gasteiger partial charge is 0.369 e. The molecule has 0 aromatic carbocycles. The molecule has 0 saturated carbocycles. The summed E-state index contributed by atoms with van der Waals surface area (Å²) < 4.78 is 5.40. The average Bonchev–Trinajstić information content (AvgIpc) is 2.61. The van der Waals surface area contributed by atoms with Crippen LogP contribution >= 0.6 is 0 Å². The molecule has 0 aromatic heterocycles. The third-order valence-electron chi connectivity index (χ3n) is 3.99. The third-order valence-corrected chi connectivity index (χ3v) is 3.99. The van der Waals surface area contributed by atoms with E-state index in [1.165, 1.54) is 12.8 Å². The van der Waals surface area contributed by atoms with Gasteiger partial charge in [-0.15, -0.1) is 0 Å². The van der Waals surface area contributed by atoms with Crippen LogP contribution in [0.5, 0.6) is 0 Å². The summed E-state index contributed by atoms with van der Waals surface area (Å²) in [5, 5.41) is 0. The number of rotatable bonds is 4. The molecule has 2 N–H and O–H groups in total. The fourth-order valence-electron chi connectivity index (χ4n) is 2.38. The molecule has 0 radical (unpaired) electrons. The molecular weight excluding hydrogens is 216 g/mol. The molecule has 1 rings (SSSR count). The highest BCUT2D eigenvalue weighted by atomic mass is 16.5. The fourth-order valence-corrected chi connectivity index (χ4v) is 2.38. The Balaban J connectivity index is 2.83. The zero-order valence-electron chi connectivity index (χ0n) is 11.4. The summed E-state index contributed by atoms with van der Waals surface area (Å²) in [6.45, 7) is 5.22. The number of nitrogens with zero attached hydrogens (tertiary/aromatic N) is 1. The van der Waals surface area contributed by atoms with E-state index in [9.17, 15) is 4.79 Å². The van der Waals surface area contributed by atoms with Crippen LogP contribution in [0.25, 0.3) is 0 Å². The summed E-state index contributed by atoms with van der Waals surface area (Å²) in [4.78, 5) is 14.5. The molecule has 1 fully saturated rings. The van der Waals surface area contributed by atoms with Crippen molar-refractivity contribution >= 4 is 5.91 Å². The molecule has 17 heavy (non-hydrogen) atoms. The maximum absolute atomic E-state index is 12.5. The van der Waals surface area contributed by atoms with E-state index in [-0.39, 0.29) is 11.9 Å². The molecule has 4 heteroatoms. The number of amides is 1. The van der Waals surface area contributed by atoms with E-state index in [1.807, 2.05) is 18.7 Å². The lowest BCUT2D eigenvalue weighted by atomic mass is 9.99. The van der Waals surface area contributed by atoms with Crippen LogP contribution in [-0.4, -0.2) is 42.6 Å². The van der Waals surface area contributed by atoms with Crippen molar-refractivity contribution < 1.29 is 9.53 Å². The zero-order chi connectivity index (χ0) is 12.9. The highest BCUT2D eigenvalue weighted by molar-refractivity contribution is 5.85.